The van der Waals surface area contributed by atoms with Crippen LogP contribution < -0.4 is 0 Å². The lowest BCUT2D eigenvalue weighted by atomic mass is 10.0. The Morgan fingerprint density at radius 2 is 1.80 bits per heavy atom. The summed E-state index contributed by atoms with van der Waals surface area (Å²) < 4.78 is 5.23. The van der Waals surface area contributed by atoms with Crippen molar-refractivity contribution in [2.24, 2.45) is 17.8 Å². The van der Waals surface area contributed by atoms with Crippen LogP contribution >= 0.6 is 23.0 Å². The lowest BCUT2D eigenvalue weighted by molar-refractivity contribution is 0.375. The molecule has 1 heterocycles. The van der Waals surface area contributed by atoms with Gasteiger partial charge in [-0.2, -0.15) is 15.4 Å². The summed E-state index contributed by atoms with van der Waals surface area (Å²) in [4.78, 5) is 0. The summed E-state index contributed by atoms with van der Waals surface area (Å²) in [7, 11) is 0. The molecule has 1 N–H and O–H groups in total. The van der Waals surface area contributed by atoms with Gasteiger partial charge >= 0.3 is 0 Å². The van der Waals surface area contributed by atoms with E-state index in [0.29, 0.717) is 0 Å². The Morgan fingerprint density at radius 3 is 2.33 bits per heavy atom. The van der Waals surface area contributed by atoms with E-state index in [2.05, 4.69) is 15.4 Å². The van der Waals surface area contributed by atoms with Crippen molar-refractivity contribution in [3.05, 3.63) is 11.4 Å². The second kappa shape index (κ2) is 4.01. The zero-order valence-electron chi connectivity index (χ0n) is 8.45. The Bertz CT molecular complexity index is 326. The van der Waals surface area contributed by atoms with E-state index in [4.69, 9.17) is 3.07 Å². The van der Waals surface area contributed by atoms with Crippen LogP contribution in [0.2, 0.25) is 0 Å². The van der Waals surface area contributed by atoms with Crippen LogP contribution in [0.4, 0.5) is 0 Å². The first-order valence-corrected chi connectivity index (χ1v) is 6.40. The molecule has 0 radical (unpaired) electrons. The second-order valence-corrected chi connectivity index (χ2v) is 5.18. The maximum absolute atomic E-state index is 5.23. The molecule has 0 aliphatic heterocycles. The number of nitrogens with zero attached hydrogens (tertiary/aromatic N) is 2. The summed E-state index contributed by atoms with van der Waals surface area (Å²) in [6, 6.07) is 0. The van der Waals surface area contributed by atoms with Gasteiger partial charge in [-0.1, -0.05) is 0 Å². The molecule has 1 saturated carbocycles. The van der Waals surface area contributed by atoms with E-state index in [1.165, 1.54) is 24.2 Å². The van der Waals surface area contributed by atoms with E-state index < -0.39 is 0 Å². The zero-order chi connectivity index (χ0) is 10.3. The molecular weight excluding hydrogens is 305 g/mol. The third-order valence-electron chi connectivity index (χ3n) is 3.90. The average molecular weight is 319 g/mol. The van der Waals surface area contributed by atoms with E-state index in [-0.39, 0.29) is 0 Å². The van der Waals surface area contributed by atoms with Crippen molar-refractivity contribution in [2.45, 2.75) is 25.7 Å². The van der Waals surface area contributed by atoms with E-state index in [1.54, 1.807) is 0 Å². The smallest absolute Gasteiger partial charge is 0.109 e. The van der Waals surface area contributed by atoms with Gasteiger partial charge in [0.05, 0.1) is 18.0 Å². The Kier molecular flexibility index (Phi) is 2.68. The predicted molar refractivity (Wildman–Crippen MR) is 63.5 cm³/mol. The molecule has 2 aliphatic rings. The number of hydrogen-bond donors (Lipinski definition) is 1. The van der Waals surface area contributed by atoms with Gasteiger partial charge in [-0.05, 0) is 43.4 Å². The molecule has 2 aliphatic carbocycles. The highest BCUT2D eigenvalue weighted by Crippen LogP contribution is 2.52. The number of aromatic nitrogens is 3. The minimum Gasteiger partial charge on any atom is -0.315 e. The lowest BCUT2D eigenvalue weighted by Crippen LogP contribution is -2.00. The molecule has 82 valence electrons. The van der Waals surface area contributed by atoms with E-state index >= 15 is 0 Å². The molecule has 1 fully saturated rings. The summed E-state index contributed by atoms with van der Waals surface area (Å²) in [5, 5.41) is 11.2. The number of aryl methyl sites for hydroxylation is 2. The fourth-order valence-electron chi connectivity index (χ4n) is 2.98. The van der Waals surface area contributed by atoms with Crippen molar-refractivity contribution in [1.82, 2.24) is 15.4 Å². The Labute approximate surface area is 103 Å². The average Bonchev–Trinajstić information content (AvgIpc) is 2.67. The van der Waals surface area contributed by atoms with Crippen LogP contribution in [0.25, 0.3) is 0 Å². The SMILES string of the molecule is IOCC1C2CCc3n[nH]nc3CCC21. The number of nitrogens with one attached hydrogen (secondary N) is 1. The maximum atomic E-state index is 5.23. The molecule has 2 unspecified atom stereocenters. The third kappa shape index (κ3) is 1.80. The molecule has 0 aromatic carbocycles. The molecule has 3 rings (SSSR count). The number of H-pyrrole nitrogens is 1. The summed E-state index contributed by atoms with van der Waals surface area (Å²) >= 11 is 2.00. The minimum atomic E-state index is 0.801. The second-order valence-electron chi connectivity index (χ2n) is 4.56. The molecule has 0 bridgehead atoms. The number of hydrogen-bond acceptors (Lipinski definition) is 3. The van der Waals surface area contributed by atoms with Crippen molar-refractivity contribution in [3.8, 4) is 0 Å². The van der Waals surface area contributed by atoms with Gasteiger partial charge in [0.2, 0.25) is 0 Å². The van der Waals surface area contributed by atoms with Gasteiger partial charge in [0.25, 0.3) is 0 Å². The Morgan fingerprint density at radius 1 is 1.20 bits per heavy atom. The fraction of sp³-hybridized carbons (Fsp3) is 0.800. The first-order valence-electron chi connectivity index (χ1n) is 5.52. The summed E-state index contributed by atoms with van der Waals surface area (Å²) in [6.07, 6.45) is 4.69. The van der Waals surface area contributed by atoms with Crippen molar-refractivity contribution in [2.75, 3.05) is 6.61 Å². The normalized spacial score (nSPS) is 33.8. The third-order valence-corrected chi connectivity index (χ3v) is 4.26. The maximum Gasteiger partial charge on any atom is 0.109 e. The van der Waals surface area contributed by atoms with Gasteiger partial charge < -0.3 is 3.07 Å². The number of rotatable bonds is 2. The van der Waals surface area contributed by atoms with Crippen molar-refractivity contribution in [1.29, 1.82) is 0 Å². The summed E-state index contributed by atoms with van der Waals surface area (Å²) in [5.74, 6) is 2.56. The highest BCUT2D eigenvalue weighted by Gasteiger charge is 2.49. The van der Waals surface area contributed by atoms with E-state index in [9.17, 15) is 0 Å². The number of fused-ring (bicyclic) bond motifs is 2. The molecule has 5 heteroatoms. The van der Waals surface area contributed by atoms with E-state index in [1.807, 2.05) is 23.0 Å². The molecule has 2 atom stereocenters. The summed E-state index contributed by atoms with van der Waals surface area (Å²) in [6.45, 7) is 0.924. The zero-order valence-corrected chi connectivity index (χ0v) is 10.6. The topological polar surface area (TPSA) is 50.8 Å². The molecular formula is C10H14IN3O. The predicted octanol–water partition coefficient (Wildman–Crippen LogP) is 1.91. The lowest BCUT2D eigenvalue weighted by Gasteiger charge is -2.04. The molecule has 15 heavy (non-hydrogen) atoms. The van der Waals surface area contributed by atoms with Crippen molar-refractivity contribution < 1.29 is 3.07 Å². The standard InChI is InChI=1S/C10H14IN3O/c11-15-5-8-6-1-3-9-10(13-14-12-9)4-2-7(6)8/h6-8H,1-5H2,(H,12,13,14). The minimum absolute atomic E-state index is 0.801. The van der Waals surface area contributed by atoms with Gasteiger partial charge in [-0.15, -0.1) is 0 Å². The van der Waals surface area contributed by atoms with Crippen LogP contribution in [-0.4, -0.2) is 22.0 Å². The van der Waals surface area contributed by atoms with Crippen molar-refractivity contribution >= 4 is 23.0 Å². The van der Waals surface area contributed by atoms with Gasteiger partial charge in [-0.25, -0.2) is 0 Å². The molecule has 0 saturated heterocycles. The van der Waals surface area contributed by atoms with E-state index in [0.717, 1.165) is 37.2 Å². The summed E-state index contributed by atoms with van der Waals surface area (Å²) in [5.41, 5.74) is 2.38. The monoisotopic (exact) mass is 319 g/mol. The van der Waals surface area contributed by atoms with Gasteiger partial charge in [0, 0.05) is 0 Å². The Balaban J connectivity index is 1.69. The van der Waals surface area contributed by atoms with Crippen molar-refractivity contribution in [3.63, 3.8) is 0 Å². The Hall–Kier alpha value is -0.170. The van der Waals surface area contributed by atoms with Crippen LogP contribution in [-0.2, 0) is 15.9 Å². The van der Waals surface area contributed by atoms with Crippen LogP contribution in [0.1, 0.15) is 24.2 Å². The molecule has 4 nitrogen and oxygen atoms in total. The molecule has 0 spiro atoms. The molecule has 1 aromatic heterocycles. The van der Waals surface area contributed by atoms with Crippen LogP contribution in [0.5, 0.6) is 0 Å². The fourth-order valence-corrected chi connectivity index (χ4v) is 3.40. The van der Waals surface area contributed by atoms with Crippen LogP contribution in [0.15, 0.2) is 0 Å². The quantitative estimate of drug-likeness (QED) is 0.847. The largest absolute Gasteiger partial charge is 0.315 e. The van der Waals surface area contributed by atoms with Gasteiger partial charge in [-0.3, -0.25) is 0 Å². The van der Waals surface area contributed by atoms with Gasteiger partial charge in [0.1, 0.15) is 23.0 Å². The number of halogens is 1. The first-order chi connectivity index (χ1) is 7.40. The number of aromatic amines is 1. The molecule has 0 amide bonds. The highest BCUT2D eigenvalue weighted by atomic mass is 127. The highest BCUT2D eigenvalue weighted by molar-refractivity contribution is 14.1. The molecule has 1 aromatic rings. The first kappa shape index (κ1) is 10.0. The van der Waals surface area contributed by atoms with Crippen LogP contribution in [0, 0.1) is 17.8 Å². The van der Waals surface area contributed by atoms with Crippen LogP contribution in [0.3, 0.4) is 0 Å². The van der Waals surface area contributed by atoms with Gasteiger partial charge in [0.15, 0.2) is 0 Å².